The number of piperidine rings is 1. The molecule has 2 aliphatic heterocycles. The van der Waals surface area contributed by atoms with Crippen LogP contribution in [0.15, 0.2) is 48.5 Å². The van der Waals surface area contributed by atoms with E-state index in [4.69, 9.17) is 9.47 Å². The van der Waals surface area contributed by atoms with Crippen LogP contribution in [0.5, 0.6) is 11.5 Å². The predicted octanol–water partition coefficient (Wildman–Crippen LogP) is 3.40. The summed E-state index contributed by atoms with van der Waals surface area (Å²) in [5.74, 6) is 1.62. The molecule has 2 fully saturated rings. The molecule has 0 aromatic heterocycles. The third-order valence-electron chi connectivity index (χ3n) is 7.09. The van der Waals surface area contributed by atoms with Crippen LogP contribution in [0.25, 0.3) is 0 Å². The van der Waals surface area contributed by atoms with Gasteiger partial charge in [-0.1, -0.05) is 49.2 Å². The van der Waals surface area contributed by atoms with Gasteiger partial charge in [0.05, 0.1) is 12.1 Å². The van der Waals surface area contributed by atoms with E-state index < -0.39 is 5.60 Å². The van der Waals surface area contributed by atoms with Gasteiger partial charge in [-0.25, -0.2) is 0 Å². The summed E-state index contributed by atoms with van der Waals surface area (Å²) in [4.78, 5) is 15.1. The van der Waals surface area contributed by atoms with Gasteiger partial charge in [-0.05, 0) is 42.5 Å². The molecule has 0 bridgehead atoms. The Hall–Kier alpha value is -2.57. The molecule has 1 amide bonds. The number of fused-ring (bicyclic) bond motifs is 2. The molecule has 0 radical (unpaired) electrons. The van der Waals surface area contributed by atoms with Crippen LogP contribution in [-0.4, -0.2) is 41.4 Å². The van der Waals surface area contributed by atoms with Crippen LogP contribution in [0.2, 0.25) is 0 Å². The molecular formula is C25H30N2O4. The molecule has 1 saturated heterocycles. The van der Waals surface area contributed by atoms with Crippen molar-refractivity contribution in [1.29, 1.82) is 0 Å². The summed E-state index contributed by atoms with van der Waals surface area (Å²) in [6.45, 7) is 1.78. The quantitative estimate of drug-likeness (QED) is 0.773. The predicted molar refractivity (Wildman–Crippen MR) is 117 cm³/mol. The minimum absolute atomic E-state index is 0.0100. The van der Waals surface area contributed by atoms with Gasteiger partial charge in [0.1, 0.15) is 0 Å². The number of likely N-dealkylation sites (tertiary alicyclic amines) is 1. The lowest BCUT2D eigenvalue weighted by molar-refractivity contribution is -0.138. The number of carbonyl (C=O) groups is 1. The second kappa shape index (κ2) is 8.52. The van der Waals surface area contributed by atoms with E-state index in [1.54, 1.807) is 0 Å². The van der Waals surface area contributed by atoms with Crippen LogP contribution >= 0.6 is 0 Å². The average Bonchev–Trinajstić information content (AvgIpc) is 3.26. The van der Waals surface area contributed by atoms with Crippen LogP contribution in [0.3, 0.4) is 0 Å². The van der Waals surface area contributed by atoms with Gasteiger partial charge in [0.25, 0.3) is 0 Å². The molecule has 6 heteroatoms. The molecule has 3 atom stereocenters. The van der Waals surface area contributed by atoms with Crippen molar-refractivity contribution < 1.29 is 19.4 Å². The lowest BCUT2D eigenvalue weighted by Crippen LogP contribution is -2.56. The van der Waals surface area contributed by atoms with Crippen molar-refractivity contribution in [2.45, 2.75) is 50.3 Å². The van der Waals surface area contributed by atoms with E-state index in [0.29, 0.717) is 26.1 Å². The highest BCUT2D eigenvalue weighted by molar-refractivity contribution is 5.78. The Balaban J connectivity index is 1.36. The van der Waals surface area contributed by atoms with Crippen molar-refractivity contribution in [2.24, 2.45) is 5.92 Å². The summed E-state index contributed by atoms with van der Waals surface area (Å²) in [6.07, 6.45) is 4.70. The van der Waals surface area contributed by atoms with Crippen LogP contribution in [0.1, 0.15) is 49.3 Å². The number of ether oxygens (including phenoxy) is 2. The van der Waals surface area contributed by atoms with Gasteiger partial charge < -0.3 is 19.9 Å². The molecule has 1 saturated carbocycles. The normalized spacial score (nSPS) is 27.5. The molecule has 2 aromatic rings. The number of amides is 1. The van der Waals surface area contributed by atoms with Gasteiger partial charge in [-0.3, -0.25) is 9.69 Å². The van der Waals surface area contributed by atoms with Crippen LogP contribution < -0.4 is 14.8 Å². The number of nitrogens with zero attached hydrogens (tertiary/aromatic N) is 1. The van der Waals surface area contributed by atoms with Crippen molar-refractivity contribution >= 4 is 5.91 Å². The fourth-order valence-electron chi connectivity index (χ4n) is 5.50. The molecule has 0 unspecified atom stereocenters. The van der Waals surface area contributed by atoms with Crippen LogP contribution in [-0.2, 0) is 11.3 Å². The Morgan fingerprint density at radius 2 is 1.94 bits per heavy atom. The zero-order valence-electron chi connectivity index (χ0n) is 17.8. The van der Waals surface area contributed by atoms with Gasteiger partial charge in [0.15, 0.2) is 11.5 Å². The maximum Gasteiger partial charge on any atom is 0.234 e. The second-order valence-electron chi connectivity index (χ2n) is 9.00. The lowest BCUT2D eigenvalue weighted by Gasteiger charge is -2.52. The number of nitrogens with one attached hydrogen (secondary N) is 1. The fraction of sp³-hybridized carbons (Fsp3) is 0.480. The number of hydrogen-bond donors (Lipinski definition) is 2. The Labute approximate surface area is 183 Å². The van der Waals surface area contributed by atoms with Crippen molar-refractivity contribution in [3.8, 4) is 11.5 Å². The third-order valence-corrected chi connectivity index (χ3v) is 7.09. The lowest BCUT2D eigenvalue weighted by atomic mass is 9.66. The minimum atomic E-state index is -0.656. The third kappa shape index (κ3) is 4.14. The highest BCUT2D eigenvalue weighted by Crippen LogP contribution is 2.50. The Morgan fingerprint density at radius 1 is 1.10 bits per heavy atom. The number of carbonyl (C=O) groups excluding carboxylic acids is 1. The molecule has 2 aromatic carbocycles. The summed E-state index contributed by atoms with van der Waals surface area (Å²) in [5.41, 5.74) is 1.52. The highest BCUT2D eigenvalue weighted by Gasteiger charge is 2.49. The number of hydrogen-bond acceptors (Lipinski definition) is 5. The molecule has 164 valence electrons. The maximum atomic E-state index is 12.8. The zero-order valence-corrected chi connectivity index (χ0v) is 17.8. The molecule has 3 aliphatic rings. The first-order valence-electron chi connectivity index (χ1n) is 11.3. The Morgan fingerprint density at radius 3 is 2.81 bits per heavy atom. The first-order chi connectivity index (χ1) is 15.1. The molecule has 31 heavy (non-hydrogen) atoms. The smallest absolute Gasteiger partial charge is 0.234 e. The van der Waals surface area contributed by atoms with Crippen molar-refractivity contribution in [1.82, 2.24) is 10.2 Å². The Bertz CT molecular complexity index is 934. The molecule has 0 spiro atoms. The summed E-state index contributed by atoms with van der Waals surface area (Å²) < 4.78 is 11.1. The standard InChI is InChI=1S/C25H30N2O4/c28-23(26-15-18-6-2-1-3-7-18)16-27-13-12-25(29)11-5-4-8-20(25)24(27)19-9-10-21-22(14-19)31-17-30-21/h1-3,6-7,9-10,14,20,24,29H,4-5,8,11-13,15-17H2,(H,26,28)/t20-,24+,25+/m1/s1. The SMILES string of the molecule is O=C(CN1CC[C@@]2(O)CCCC[C@@H]2[C@@H]1c1ccc2c(c1)OCO2)NCc1ccccc1. The van der Waals surface area contributed by atoms with Crippen molar-refractivity contribution in [3.05, 3.63) is 59.7 Å². The van der Waals surface area contributed by atoms with E-state index >= 15 is 0 Å². The van der Waals surface area contributed by atoms with Crippen molar-refractivity contribution in [3.63, 3.8) is 0 Å². The maximum absolute atomic E-state index is 12.8. The van der Waals surface area contributed by atoms with E-state index in [0.717, 1.165) is 48.3 Å². The molecule has 6 nitrogen and oxygen atoms in total. The topological polar surface area (TPSA) is 71.0 Å². The molecule has 2 N–H and O–H groups in total. The first kappa shape index (κ1) is 20.3. The minimum Gasteiger partial charge on any atom is -0.454 e. The molecule has 5 rings (SSSR count). The van der Waals surface area contributed by atoms with E-state index in [2.05, 4.69) is 16.3 Å². The van der Waals surface area contributed by atoms with E-state index in [9.17, 15) is 9.90 Å². The summed E-state index contributed by atoms with van der Waals surface area (Å²) in [7, 11) is 0. The monoisotopic (exact) mass is 422 g/mol. The van der Waals surface area contributed by atoms with Gasteiger partial charge >= 0.3 is 0 Å². The number of rotatable bonds is 5. The molecule has 2 heterocycles. The van der Waals surface area contributed by atoms with Crippen LogP contribution in [0.4, 0.5) is 0 Å². The highest BCUT2D eigenvalue weighted by atomic mass is 16.7. The van der Waals surface area contributed by atoms with Gasteiger partial charge in [-0.15, -0.1) is 0 Å². The van der Waals surface area contributed by atoms with Gasteiger partial charge in [0, 0.05) is 25.0 Å². The largest absolute Gasteiger partial charge is 0.454 e. The summed E-state index contributed by atoms with van der Waals surface area (Å²) in [5, 5.41) is 14.5. The van der Waals surface area contributed by atoms with E-state index in [-0.39, 0.29) is 24.7 Å². The van der Waals surface area contributed by atoms with E-state index in [1.165, 1.54) is 0 Å². The number of aliphatic hydroxyl groups is 1. The summed E-state index contributed by atoms with van der Waals surface area (Å²) in [6, 6.07) is 16.0. The first-order valence-corrected chi connectivity index (χ1v) is 11.3. The second-order valence-corrected chi connectivity index (χ2v) is 9.00. The fourth-order valence-corrected chi connectivity index (χ4v) is 5.50. The van der Waals surface area contributed by atoms with Crippen molar-refractivity contribution in [2.75, 3.05) is 19.9 Å². The number of benzene rings is 2. The van der Waals surface area contributed by atoms with Gasteiger partial charge in [0.2, 0.25) is 12.7 Å². The van der Waals surface area contributed by atoms with E-state index in [1.807, 2.05) is 42.5 Å². The van der Waals surface area contributed by atoms with Crippen LogP contribution in [0, 0.1) is 5.92 Å². The van der Waals surface area contributed by atoms with Gasteiger partial charge in [-0.2, -0.15) is 0 Å². The Kier molecular flexibility index (Phi) is 5.59. The molecular weight excluding hydrogens is 392 g/mol. The zero-order chi connectivity index (χ0) is 21.3. The molecule has 1 aliphatic carbocycles. The summed E-state index contributed by atoms with van der Waals surface area (Å²) >= 11 is 0. The average molecular weight is 423 g/mol.